The van der Waals surface area contributed by atoms with Crippen LogP contribution in [0.4, 0.5) is 17.1 Å². The molecule has 0 aliphatic carbocycles. The van der Waals surface area contributed by atoms with Crippen LogP contribution in [0.5, 0.6) is 0 Å². The molecule has 0 saturated carbocycles. The van der Waals surface area contributed by atoms with Gasteiger partial charge in [0.15, 0.2) is 6.29 Å². The number of aryl methyl sites for hydroxylation is 2. The van der Waals surface area contributed by atoms with Crippen LogP contribution in [0, 0.1) is 0 Å². The van der Waals surface area contributed by atoms with Gasteiger partial charge in [0.1, 0.15) is 6.17 Å². The van der Waals surface area contributed by atoms with E-state index < -0.39 is 6.17 Å². The van der Waals surface area contributed by atoms with Gasteiger partial charge in [-0.2, -0.15) is 0 Å². The first-order valence-electron chi connectivity index (χ1n) is 7.12. The number of nitrogen functional groups attached to an aromatic ring is 1. The molecule has 0 radical (unpaired) electrons. The lowest BCUT2D eigenvalue weighted by molar-refractivity contribution is -0.109. The Morgan fingerprint density at radius 3 is 2.57 bits per heavy atom. The number of likely N-dealkylation sites (N-methyl/N-ethyl adjacent to an activating group) is 1. The Kier molecular flexibility index (Phi) is 3.62. The van der Waals surface area contributed by atoms with Crippen LogP contribution in [0.3, 0.4) is 0 Å². The standard InChI is InChI=1S/C17H19N3O/c1-19-17(11-21)20-15-5-3-2-4-12(15)6-7-13-8-9-14(18)10-16(13)20/h2-5,8-11,17,19H,6-7,18H2,1H3. The van der Waals surface area contributed by atoms with Crippen molar-refractivity contribution in [2.45, 2.75) is 19.0 Å². The van der Waals surface area contributed by atoms with Crippen LogP contribution in [-0.2, 0) is 17.6 Å². The van der Waals surface area contributed by atoms with Gasteiger partial charge in [-0.05, 0) is 49.2 Å². The van der Waals surface area contributed by atoms with Gasteiger partial charge in [-0.3, -0.25) is 10.1 Å². The fraction of sp³-hybridized carbons (Fsp3) is 0.235. The second kappa shape index (κ2) is 5.58. The normalized spacial score (nSPS) is 14.8. The molecule has 21 heavy (non-hydrogen) atoms. The van der Waals surface area contributed by atoms with E-state index in [1.54, 1.807) is 7.05 Å². The minimum absolute atomic E-state index is 0.412. The number of nitrogens with zero attached hydrogens (tertiary/aromatic N) is 1. The van der Waals surface area contributed by atoms with E-state index in [0.717, 1.165) is 30.5 Å². The molecule has 1 aliphatic heterocycles. The predicted molar refractivity (Wildman–Crippen MR) is 85.8 cm³/mol. The molecule has 4 heteroatoms. The van der Waals surface area contributed by atoms with Crippen LogP contribution in [-0.4, -0.2) is 19.5 Å². The minimum Gasteiger partial charge on any atom is -0.399 e. The van der Waals surface area contributed by atoms with Gasteiger partial charge >= 0.3 is 0 Å². The van der Waals surface area contributed by atoms with Crippen molar-refractivity contribution in [2.24, 2.45) is 0 Å². The number of fused-ring (bicyclic) bond motifs is 2. The molecule has 0 bridgehead atoms. The van der Waals surface area contributed by atoms with Crippen LogP contribution >= 0.6 is 0 Å². The molecule has 0 amide bonds. The number of rotatable bonds is 3. The van der Waals surface area contributed by atoms with Gasteiger partial charge in [0.25, 0.3) is 0 Å². The third-order valence-electron chi connectivity index (χ3n) is 3.99. The van der Waals surface area contributed by atoms with E-state index in [2.05, 4.69) is 23.5 Å². The third-order valence-corrected chi connectivity index (χ3v) is 3.99. The van der Waals surface area contributed by atoms with Crippen molar-refractivity contribution in [3.63, 3.8) is 0 Å². The Hall–Kier alpha value is -2.33. The van der Waals surface area contributed by atoms with Crippen LogP contribution < -0.4 is 16.0 Å². The molecule has 1 unspecified atom stereocenters. The summed E-state index contributed by atoms with van der Waals surface area (Å²) < 4.78 is 0. The number of benzene rings is 2. The van der Waals surface area contributed by atoms with Gasteiger partial charge in [0.05, 0.1) is 0 Å². The molecule has 3 N–H and O–H groups in total. The van der Waals surface area contributed by atoms with Crippen molar-refractivity contribution in [3.8, 4) is 0 Å². The number of nitrogens with two attached hydrogens (primary N) is 1. The Bertz CT molecular complexity index is 669. The molecule has 4 nitrogen and oxygen atoms in total. The van der Waals surface area contributed by atoms with Crippen LogP contribution in [0.2, 0.25) is 0 Å². The SMILES string of the molecule is CNC(C=O)N1c2ccccc2CCc2ccc(N)cc21. The summed E-state index contributed by atoms with van der Waals surface area (Å²) in [7, 11) is 1.79. The number of hydrogen-bond acceptors (Lipinski definition) is 4. The average molecular weight is 281 g/mol. The smallest absolute Gasteiger partial charge is 0.157 e. The Morgan fingerprint density at radius 2 is 1.86 bits per heavy atom. The molecule has 3 rings (SSSR count). The number of carbonyl (C=O) groups is 1. The molecular formula is C17H19N3O. The van der Waals surface area contributed by atoms with Crippen molar-refractivity contribution in [3.05, 3.63) is 53.6 Å². The van der Waals surface area contributed by atoms with Crippen LogP contribution in [0.25, 0.3) is 0 Å². The van der Waals surface area contributed by atoms with E-state index in [4.69, 9.17) is 5.73 Å². The van der Waals surface area contributed by atoms with Gasteiger partial charge in [-0.15, -0.1) is 0 Å². The predicted octanol–water partition coefficient (Wildman–Crippen LogP) is 2.25. The van der Waals surface area contributed by atoms with Gasteiger partial charge in [0, 0.05) is 17.1 Å². The second-order valence-corrected chi connectivity index (χ2v) is 5.26. The van der Waals surface area contributed by atoms with E-state index in [1.165, 1.54) is 11.1 Å². The number of anilines is 3. The zero-order chi connectivity index (χ0) is 14.8. The summed E-state index contributed by atoms with van der Waals surface area (Å²) in [5.41, 5.74) is 11.2. The summed E-state index contributed by atoms with van der Waals surface area (Å²) in [4.78, 5) is 13.6. The summed E-state index contributed by atoms with van der Waals surface area (Å²) in [6, 6.07) is 14.1. The summed E-state index contributed by atoms with van der Waals surface area (Å²) in [6.07, 6.45) is 2.41. The summed E-state index contributed by atoms with van der Waals surface area (Å²) in [6.45, 7) is 0. The molecular weight excluding hydrogens is 262 g/mol. The first-order valence-corrected chi connectivity index (χ1v) is 7.12. The van der Waals surface area contributed by atoms with Crippen molar-refractivity contribution in [1.29, 1.82) is 0 Å². The van der Waals surface area contributed by atoms with E-state index >= 15 is 0 Å². The van der Waals surface area contributed by atoms with Crippen molar-refractivity contribution < 1.29 is 4.79 Å². The topological polar surface area (TPSA) is 58.4 Å². The van der Waals surface area contributed by atoms with E-state index in [-0.39, 0.29) is 0 Å². The van der Waals surface area contributed by atoms with Crippen molar-refractivity contribution >= 4 is 23.3 Å². The maximum atomic E-state index is 11.5. The van der Waals surface area contributed by atoms with Crippen molar-refractivity contribution in [1.82, 2.24) is 5.32 Å². The number of carbonyl (C=O) groups excluding carboxylic acids is 1. The molecule has 1 aliphatic rings. The lowest BCUT2D eigenvalue weighted by atomic mass is 10.0. The Labute approximate surface area is 124 Å². The fourth-order valence-electron chi connectivity index (χ4n) is 2.93. The van der Waals surface area contributed by atoms with Gasteiger partial charge in [-0.1, -0.05) is 24.3 Å². The quantitative estimate of drug-likeness (QED) is 0.669. The molecule has 1 atom stereocenters. The monoisotopic (exact) mass is 281 g/mol. The number of aldehydes is 1. The molecule has 0 spiro atoms. The third kappa shape index (κ3) is 2.38. The molecule has 1 heterocycles. The van der Waals surface area contributed by atoms with Crippen LogP contribution in [0.1, 0.15) is 11.1 Å². The lowest BCUT2D eigenvalue weighted by Gasteiger charge is -2.31. The highest BCUT2D eigenvalue weighted by Crippen LogP contribution is 2.37. The molecule has 0 saturated heterocycles. The largest absolute Gasteiger partial charge is 0.399 e. The van der Waals surface area contributed by atoms with Crippen molar-refractivity contribution in [2.75, 3.05) is 17.7 Å². The highest BCUT2D eigenvalue weighted by molar-refractivity contribution is 5.80. The zero-order valence-electron chi connectivity index (χ0n) is 12.0. The number of nitrogens with one attached hydrogen (secondary N) is 1. The van der Waals surface area contributed by atoms with E-state index in [0.29, 0.717) is 5.69 Å². The molecule has 0 aromatic heterocycles. The lowest BCUT2D eigenvalue weighted by Crippen LogP contribution is -2.43. The Morgan fingerprint density at radius 1 is 1.14 bits per heavy atom. The molecule has 108 valence electrons. The fourth-order valence-corrected chi connectivity index (χ4v) is 2.93. The van der Waals surface area contributed by atoms with Crippen LogP contribution in [0.15, 0.2) is 42.5 Å². The van der Waals surface area contributed by atoms with E-state index in [1.807, 2.05) is 29.2 Å². The van der Waals surface area contributed by atoms with Gasteiger partial charge in [0.2, 0.25) is 0 Å². The number of hydrogen-bond donors (Lipinski definition) is 2. The minimum atomic E-state index is -0.412. The zero-order valence-corrected chi connectivity index (χ0v) is 12.0. The Balaban J connectivity index is 2.23. The molecule has 2 aromatic rings. The molecule has 0 fully saturated rings. The molecule has 2 aromatic carbocycles. The maximum absolute atomic E-state index is 11.5. The van der Waals surface area contributed by atoms with E-state index in [9.17, 15) is 4.79 Å². The summed E-state index contributed by atoms with van der Waals surface area (Å²) >= 11 is 0. The second-order valence-electron chi connectivity index (χ2n) is 5.26. The first kappa shape index (κ1) is 13.6. The average Bonchev–Trinajstić information content (AvgIpc) is 2.66. The summed E-state index contributed by atoms with van der Waals surface area (Å²) in [5.74, 6) is 0. The highest BCUT2D eigenvalue weighted by Gasteiger charge is 2.25. The maximum Gasteiger partial charge on any atom is 0.157 e. The van der Waals surface area contributed by atoms with Gasteiger partial charge in [-0.25, -0.2) is 0 Å². The summed E-state index contributed by atoms with van der Waals surface area (Å²) in [5, 5.41) is 3.07. The first-order chi connectivity index (χ1) is 10.2. The number of para-hydroxylation sites is 1. The van der Waals surface area contributed by atoms with Gasteiger partial charge < -0.3 is 10.6 Å². The highest BCUT2D eigenvalue weighted by atomic mass is 16.1.